The maximum absolute atomic E-state index is 12.8. The van der Waals surface area contributed by atoms with Crippen molar-refractivity contribution in [2.45, 2.75) is 68.9 Å². The van der Waals surface area contributed by atoms with Gasteiger partial charge in [0.05, 0.1) is 9.82 Å². The van der Waals surface area contributed by atoms with Gasteiger partial charge in [0.1, 0.15) is 17.7 Å². The average molecular weight is 508 g/mol. The lowest BCUT2D eigenvalue weighted by molar-refractivity contribution is -0.387. The Morgan fingerprint density at radius 2 is 1.89 bits per heavy atom. The Hall–Kier alpha value is -2.98. The van der Waals surface area contributed by atoms with Crippen molar-refractivity contribution in [3.05, 3.63) is 64.0 Å². The number of likely N-dealkylation sites (tertiary alicyclic amines) is 1. The maximum Gasteiger partial charge on any atom is 0.410 e. The Labute approximate surface area is 210 Å². The minimum atomic E-state index is -0.543. The molecule has 35 heavy (non-hydrogen) atoms. The Kier molecular flexibility index (Phi) is 12.4. The normalized spacial score (nSPS) is 14.7. The van der Waals surface area contributed by atoms with Crippen molar-refractivity contribution in [2.75, 3.05) is 13.1 Å². The van der Waals surface area contributed by atoms with Crippen LogP contribution in [0.15, 0.2) is 52.3 Å². The summed E-state index contributed by atoms with van der Waals surface area (Å²) in [6, 6.07) is 10.1. The molecule has 0 aromatic heterocycles. The molecule has 1 saturated heterocycles. The summed E-state index contributed by atoms with van der Waals surface area (Å²) in [7, 11) is 0. The topological polar surface area (TPSA) is 116 Å². The molecule has 0 radical (unpaired) electrons. The molecule has 2 aromatic rings. The van der Waals surface area contributed by atoms with Gasteiger partial charge in [0.15, 0.2) is 0 Å². The van der Waals surface area contributed by atoms with Crippen LogP contribution >= 0.6 is 11.8 Å². The fourth-order valence-corrected chi connectivity index (χ4v) is 4.01. The minimum Gasteiger partial charge on any atom is -0.444 e. The van der Waals surface area contributed by atoms with Crippen molar-refractivity contribution in [3.63, 3.8) is 0 Å². The van der Waals surface area contributed by atoms with E-state index in [-0.39, 0.29) is 29.2 Å². The lowest BCUT2D eigenvalue weighted by Crippen LogP contribution is -2.42. The summed E-state index contributed by atoms with van der Waals surface area (Å²) in [4.78, 5) is 35.5. The molecule has 1 aliphatic rings. The summed E-state index contributed by atoms with van der Waals surface area (Å²) in [5, 5.41) is 11.0. The Morgan fingerprint density at radius 3 is 2.40 bits per heavy atom. The molecule has 1 unspecified atom stereocenters. The van der Waals surface area contributed by atoms with Gasteiger partial charge >= 0.3 is 6.09 Å². The smallest absolute Gasteiger partial charge is 0.410 e. The van der Waals surface area contributed by atoms with Gasteiger partial charge < -0.3 is 15.4 Å². The number of nitrogens with zero attached hydrogens (tertiary/aromatic N) is 2. The van der Waals surface area contributed by atoms with E-state index in [0.717, 1.165) is 31.1 Å². The molecule has 2 aromatic carbocycles. The van der Waals surface area contributed by atoms with E-state index in [0.29, 0.717) is 22.6 Å². The third-order valence-electron chi connectivity index (χ3n) is 4.63. The maximum atomic E-state index is 12.8. The first-order valence-corrected chi connectivity index (χ1v) is 12.2. The largest absolute Gasteiger partial charge is 0.444 e. The number of carbonyl (C=O) groups excluding carboxylic acids is 2. The van der Waals surface area contributed by atoms with Crippen molar-refractivity contribution >= 4 is 29.8 Å². The van der Waals surface area contributed by atoms with Gasteiger partial charge in [-0.1, -0.05) is 31.7 Å². The molecule has 0 spiro atoms. The van der Waals surface area contributed by atoms with Gasteiger partial charge in [0, 0.05) is 35.7 Å². The average Bonchev–Trinajstić information content (AvgIpc) is 3.31. The summed E-state index contributed by atoms with van der Waals surface area (Å²) < 4.78 is 18.1. The second-order valence-corrected chi connectivity index (χ2v) is 9.48. The van der Waals surface area contributed by atoms with Gasteiger partial charge in [-0.25, -0.2) is 9.18 Å². The third-order valence-corrected chi connectivity index (χ3v) is 5.71. The standard InChI is InChI=1S/C13H8FNO3S.C10H20N2O2.C2H6/c14-10-2-4-11(5-3-10)19-13-6-1-9(8-16)7-12(13)15(17)18;1-10(2,3)14-9(13)12-6-4-5-8(12)7-11;1-2/h1-8H;8H,4-7,11H2,1-3H3;1-2H3. The molecule has 192 valence electrons. The highest BCUT2D eigenvalue weighted by molar-refractivity contribution is 7.99. The van der Waals surface area contributed by atoms with E-state index in [2.05, 4.69) is 0 Å². The summed E-state index contributed by atoms with van der Waals surface area (Å²) >= 11 is 1.15. The highest BCUT2D eigenvalue weighted by Crippen LogP contribution is 2.35. The number of nitrogens with two attached hydrogens (primary N) is 1. The number of ether oxygens (including phenoxy) is 1. The van der Waals surface area contributed by atoms with Crippen LogP contribution in [-0.4, -0.2) is 46.9 Å². The molecule has 8 nitrogen and oxygen atoms in total. The van der Waals surface area contributed by atoms with Gasteiger partial charge in [0.25, 0.3) is 5.69 Å². The van der Waals surface area contributed by atoms with Crippen LogP contribution in [0.5, 0.6) is 0 Å². The highest BCUT2D eigenvalue weighted by Gasteiger charge is 2.31. The molecule has 1 aliphatic heterocycles. The number of hydrogen-bond acceptors (Lipinski definition) is 7. The van der Waals surface area contributed by atoms with Crippen molar-refractivity contribution in [1.82, 2.24) is 4.90 Å². The van der Waals surface area contributed by atoms with Crippen LogP contribution < -0.4 is 5.73 Å². The zero-order chi connectivity index (χ0) is 26.6. The summed E-state index contributed by atoms with van der Waals surface area (Å²) in [6.45, 7) is 10.9. The first-order valence-electron chi connectivity index (χ1n) is 11.4. The number of aldehydes is 1. The van der Waals surface area contributed by atoms with E-state index in [1.807, 2.05) is 34.6 Å². The van der Waals surface area contributed by atoms with Crippen LogP contribution in [0.3, 0.4) is 0 Å². The van der Waals surface area contributed by atoms with Gasteiger partial charge in [-0.2, -0.15) is 0 Å². The van der Waals surface area contributed by atoms with E-state index in [9.17, 15) is 24.1 Å². The van der Waals surface area contributed by atoms with E-state index < -0.39 is 10.5 Å². The van der Waals surface area contributed by atoms with Crippen LogP contribution in [0, 0.1) is 15.9 Å². The molecule has 0 bridgehead atoms. The van der Waals surface area contributed by atoms with Crippen LogP contribution in [0.25, 0.3) is 0 Å². The molecule has 1 heterocycles. The number of nitro groups is 1. The van der Waals surface area contributed by atoms with Gasteiger partial charge in [-0.3, -0.25) is 14.9 Å². The molecule has 3 rings (SSSR count). The number of carbonyl (C=O) groups is 2. The van der Waals surface area contributed by atoms with Crippen molar-refractivity contribution in [3.8, 4) is 0 Å². The zero-order valence-electron chi connectivity index (χ0n) is 20.8. The first-order chi connectivity index (χ1) is 16.5. The Bertz CT molecular complexity index is 980. The predicted octanol–water partition coefficient (Wildman–Crippen LogP) is 6.07. The van der Waals surface area contributed by atoms with Gasteiger partial charge in [0.2, 0.25) is 0 Å². The summed E-state index contributed by atoms with van der Waals surface area (Å²) in [5.74, 6) is -0.366. The molecule has 0 aliphatic carbocycles. The molecule has 0 saturated carbocycles. The second kappa shape index (κ2) is 14.4. The van der Waals surface area contributed by atoms with E-state index in [4.69, 9.17) is 10.5 Å². The van der Waals surface area contributed by atoms with Gasteiger partial charge in [-0.15, -0.1) is 0 Å². The number of amides is 1. The molecule has 10 heteroatoms. The summed E-state index contributed by atoms with van der Waals surface area (Å²) in [6.07, 6.45) is 2.35. The molecule has 1 fully saturated rings. The SMILES string of the molecule is CC.CC(C)(C)OC(=O)N1CCCC1CN.O=Cc1ccc(Sc2ccc(F)cc2)c([N+](=O)[O-])c1. The fraction of sp³-hybridized carbons (Fsp3) is 0.440. The Morgan fingerprint density at radius 1 is 1.26 bits per heavy atom. The second-order valence-electron chi connectivity index (χ2n) is 8.36. The number of hydrogen-bond donors (Lipinski definition) is 1. The van der Waals surface area contributed by atoms with E-state index in [1.54, 1.807) is 4.90 Å². The fourth-order valence-electron chi connectivity index (χ4n) is 3.11. The lowest BCUT2D eigenvalue weighted by Gasteiger charge is -2.27. The molecule has 1 amide bonds. The number of halogens is 1. The highest BCUT2D eigenvalue weighted by atomic mass is 32.2. The lowest BCUT2D eigenvalue weighted by atomic mass is 10.2. The molecular formula is C25H34FN3O5S. The summed E-state index contributed by atoms with van der Waals surface area (Å²) in [5.41, 5.74) is 5.26. The monoisotopic (exact) mass is 507 g/mol. The third kappa shape index (κ3) is 10.0. The number of benzene rings is 2. The first kappa shape index (κ1) is 30.1. The van der Waals surface area contributed by atoms with Crippen molar-refractivity contribution < 1.29 is 23.6 Å². The quantitative estimate of drug-likeness (QED) is 0.297. The molecule has 2 N–H and O–H groups in total. The van der Waals surface area contributed by atoms with E-state index in [1.165, 1.54) is 42.5 Å². The number of rotatable bonds is 5. The predicted molar refractivity (Wildman–Crippen MR) is 135 cm³/mol. The number of nitro benzene ring substituents is 1. The Balaban J connectivity index is 0.000000341. The van der Waals surface area contributed by atoms with Crippen LogP contribution in [0.2, 0.25) is 0 Å². The van der Waals surface area contributed by atoms with Gasteiger partial charge in [-0.05, 0) is 63.9 Å². The van der Waals surface area contributed by atoms with Crippen LogP contribution in [0.4, 0.5) is 14.9 Å². The van der Waals surface area contributed by atoms with E-state index >= 15 is 0 Å². The molecular weight excluding hydrogens is 473 g/mol. The van der Waals surface area contributed by atoms with Crippen LogP contribution in [-0.2, 0) is 4.74 Å². The van der Waals surface area contributed by atoms with Crippen molar-refractivity contribution in [2.24, 2.45) is 5.73 Å². The zero-order valence-corrected chi connectivity index (χ0v) is 21.6. The molecule has 1 atom stereocenters. The minimum absolute atomic E-state index is 0.140. The van der Waals surface area contributed by atoms with Crippen molar-refractivity contribution in [1.29, 1.82) is 0 Å². The van der Waals surface area contributed by atoms with Crippen LogP contribution in [0.1, 0.15) is 57.8 Å².